The SMILES string of the molecule is COc1cccc(N=Nc2c(C(C)(C)C)nc3ccccn23)c1. The average molecular weight is 308 g/mol. The number of methoxy groups -OCH3 is 1. The third-order valence-electron chi connectivity index (χ3n) is 3.53. The molecule has 23 heavy (non-hydrogen) atoms. The number of aromatic nitrogens is 2. The molecule has 0 unspecified atom stereocenters. The van der Waals surface area contributed by atoms with Gasteiger partial charge in [-0.2, -0.15) is 0 Å². The molecule has 5 heteroatoms. The summed E-state index contributed by atoms with van der Waals surface area (Å²) >= 11 is 0. The molecule has 0 atom stereocenters. The van der Waals surface area contributed by atoms with Crippen molar-refractivity contribution in [1.82, 2.24) is 9.38 Å². The highest BCUT2D eigenvalue weighted by Crippen LogP contribution is 2.33. The van der Waals surface area contributed by atoms with E-state index in [-0.39, 0.29) is 5.41 Å². The first-order valence-electron chi connectivity index (χ1n) is 7.52. The van der Waals surface area contributed by atoms with E-state index in [1.165, 1.54) is 0 Å². The van der Waals surface area contributed by atoms with E-state index in [2.05, 4.69) is 31.0 Å². The van der Waals surface area contributed by atoms with Crippen LogP contribution in [0.4, 0.5) is 11.5 Å². The zero-order chi connectivity index (χ0) is 16.4. The van der Waals surface area contributed by atoms with E-state index in [1.807, 2.05) is 53.1 Å². The molecule has 0 spiro atoms. The molecule has 1 aromatic carbocycles. The number of benzene rings is 1. The van der Waals surface area contributed by atoms with E-state index in [9.17, 15) is 0 Å². The predicted molar refractivity (Wildman–Crippen MR) is 91.1 cm³/mol. The molecule has 3 aromatic rings. The second kappa shape index (κ2) is 5.83. The van der Waals surface area contributed by atoms with Crippen LogP contribution >= 0.6 is 0 Å². The van der Waals surface area contributed by atoms with E-state index in [0.29, 0.717) is 0 Å². The fourth-order valence-electron chi connectivity index (χ4n) is 2.36. The Morgan fingerprint density at radius 2 is 1.87 bits per heavy atom. The van der Waals surface area contributed by atoms with Crippen LogP contribution in [-0.4, -0.2) is 16.5 Å². The van der Waals surface area contributed by atoms with Crippen molar-refractivity contribution in [3.05, 3.63) is 54.4 Å². The van der Waals surface area contributed by atoms with Gasteiger partial charge in [-0.25, -0.2) is 4.98 Å². The van der Waals surface area contributed by atoms with Gasteiger partial charge in [-0.05, 0) is 24.3 Å². The molecular weight excluding hydrogens is 288 g/mol. The Morgan fingerprint density at radius 1 is 1.04 bits per heavy atom. The molecule has 0 N–H and O–H groups in total. The zero-order valence-electron chi connectivity index (χ0n) is 13.8. The Hall–Kier alpha value is -2.69. The summed E-state index contributed by atoms with van der Waals surface area (Å²) in [6.07, 6.45) is 1.96. The van der Waals surface area contributed by atoms with Crippen molar-refractivity contribution >= 4 is 17.2 Å². The van der Waals surface area contributed by atoms with Crippen molar-refractivity contribution in [2.24, 2.45) is 10.2 Å². The van der Waals surface area contributed by atoms with Gasteiger partial charge in [0.1, 0.15) is 11.4 Å². The minimum absolute atomic E-state index is 0.116. The third-order valence-corrected chi connectivity index (χ3v) is 3.53. The number of hydrogen-bond donors (Lipinski definition) is 0. The standard InChI is InChI=1S/C18H20N4O/c1-18(2,3)16-17(22-11-6-5-10-15(22)19-16)21-20-13-8-7-9-14(12-13)23-4/h5-12H,1-4H3. The molecule has 0 fully saturated rings. The van der Waals surface area contributed by atoms with Gasteiger partial charge in [0, 0.05) is 17.7 Å². The summed E-state index contributed by atoms with van der Waals surface area (Å²) in [5.74, 6) is 1.52. The molecule has 0 aliphatic heterocycles. The molecule has 0 saturated heterocycles. The maximum Gasteiger partial charge on any atom is 0.183 e. The van der Waals surface area contributed by atoms with Gasteiger partial charge in [-0.3, -0.25) is 4.40 Å². The molecule has 0 amide bonds. The molecule has 0 radical (unpaired) electrons. The van der Waals surface area contributed by atoms with Crippen molar-refractivity contribution in [2.45, 2.75) is 26.2 Å². The van der Waals surface area contributed by atoms with Crippen molar-refractivity contribution in [3.8, 4) is 5.75 Å². The Bertz CT molecular complexity index is 859. The third kappa shape index (κ3) is 3.08. The summed E-state index contributed by atoms with van der Waals surface area (Å²) < 4.78 is 7.18. The summed E-state index contributed by atoms with van der Waals surface area (Å²) in [6.45, 7) is 6.37. The van der Waals surface area contributed by atoms with Gasteiger partial charge in [0.2, 0.25) is 0 Å². The molecule has 0 aliphatic carbocycles. The fraction of sp³-hybridized carbons (Fsp3) is 0.278. The normalized spacial score (nSPS) is 12.2. The van der Waals surface area contributed by atoms with Gasteiger partial charge in [0.15, 0.2) is 5.82 Å². The largest absolute Gasteiger partial charge is 0.497 e. The van der Waals surface area contributed by atoms with E-state index in [4.69, 9.17) is 9.72 Å². The molecule has 5 nitrogen and oxygen atoms in total. The number of nitrogens with zero attached hydrogens (tertiary/aromatic N) is 4. The number of fused-ring (bicyclic) bond motifs is 1. The smallest absolute Gasteiger partial charge is 0.183 e. The maximum absolute atomic E-state index is 5.22. The van der Waals surface area contributed by atoms with Crippen molar-refractivity contribution in [2.75, 3.05) is 7.11 Å². The first-order valence-corrected chi connectivity index (χ1v) is 7.52. The molecule has 0 bridgehead atoms. The first kappa shape index (κ1) is 15.2. The van der Waals surface area contributed by atoms with Crippen LogP contribution in [0.1, 0.15) is 26.5 Å². The molecule has 0 saturated carbocycles. The summed E-state index contributed by atoms with van der Waals surface area (Å²) in [4.78, 5) is 4.71. The number of pyridine rings is 1. The van der Waals surface area contributed by atoms with Crippen LogP contribution in [0.25, 0.3) is 5.65 Å². The maximum atomic E-state index is 5.22. The van der Waals surface area contributed by atoms with Gasteiger partial charge < -0.3 is 4.74 Å². The molecule has 3 rings (SSSR count). The van der Waals surface area contributed by atoms with Gasteiger partial charge >= 0.3 is 0 Å². The average Bonchev–Trinajstić information content (AvgIpc) is 2.92. The summed E-state index contributed by atoms with van der Waals surface area (Å²) in [5, 5.41) is 8.84. The lowest BCUT2D eigenvalue weighted by atomic mass is 9.92. The summed E-state index contributed by atoms with van der Waals surface area (Å²) in [5.41, 5.74) is 2.43. The van der Waals surface area contributed by atoms with Gasteiger partial charge in [-0.15, -0.1) is 10.2 Å². The Morgan fingerprint density at radius 3 is 2.61 bits per heavy atom. The van der Waals surface area contributed by atoms with Crippen LogP contribution in [-0.2, 0) is 5.41 Å². The van der Waals surface area contributed by atoms with Gasteiger partial charge in [0.25, 0.3) is 0 Å². The van der Waals surface area contributed by atoms with Crippen LogP contribution in [0.5, 0.6) is 5.75 Å². The second-order valence-electron chi connectivity index (χ2n) is 6.36. The number of rotatable bonds is 3. The molecule has 2 aromatic heterocycles. The first-order chi connectivity index (χ1) is 11.0. The minimum Gasteiger partial charge on any atom is -0.497 e. The number of azo groups is 1. The highest BCUT2D eigenvalue weighted by atomic mass is 16.5. The van der Waals surface area contributed by atoms with Gasteiger partial charge in [-0.1, -0.05) is 32.9 Å². The predicted octanol–water partition coefficient (Wildman–Crippen LogP) is 5.06. The highest BCUT2D eigenvalue weighted by Gasteiger charge is 2.23. The second-order valence-corrected chi connectivity index (χ2v) is 6.36. The minimum atomic E-state index is -0.116. The Balaban J connectivity index is 2.09. The van der Waals surface area contributed by atoms with Crippen molar-refractivity contribution in [1.29, 1.82) is 0 Å². The lowest BCUT2D eigenvalue weighted by Crippen LogP contribution is -2.11. The van der Waals surface area contributed by atoms with Crippen LogP contribution in [0.2, 0.25) is 0 Å². The van der Waals surface area contributed by atoms with E-state index in [1.54, 1.807) is 7.11 Å². The zero-order valence-corrected chi connectivity index (χ0v) is 13.8. The fourth-order valence-corrected chi connectivity index (χ4v) is 2.36. The lowest BCUT2D eigenvalue weighted by Gasteiger charge is -2.15. The summed E-state index contributed by atoms with van der Waals surface area (Å²) in [6, 6.07) is 13.4. The molecule has 118 valence electrons. The summed E-state index contributed by atoms with van der Waals surface area (Å²) in [7, 11) is 1.64. The van der Waals surface area contributed by atoms with Crippen LogP contribution in [0.3, 0.4) is 0 Å². The van der Waals surface area contributed by atoms with Crippen molar-refractivity contribution in [3.63, 3.8) is 0 Å². The molecule has 0 aliphatic rings. The quantitative estimate of drug-likeness (QED) is 0.635. The van der Waals surface area contributed by atoms with Gasteiger partial charge in [0.05, 0.1) is 18.5 Å². The number of imidazole rings is 1. The van der Waals surface area contributed by atoms with Crippen molar-refractivity contribution < 1.29 is 4.74 Å². The Labute approximate surface area is 135 Å². The van der Waals surface area contributed by atoms with Crippen LogP contribution in [0.15, 0.2) is 58.9 Å². The Kier molecular flexibility index (Phi) is 3.86. The highest BCUT2D eigenvalue weighted by molar-refractivity contribution is 5.54. The molecule has 2 heterocycles. The number of ether oxygens (including phenoxy) is 1. The van der Waals surface area contributed by atoms with E-state index >= 15 is 0 Å². The van der Waals surface area contributed by atoms with E-state index < -0.39 is 0 Å². The van der Waals surface area contributed by atoms with Crippen LogP contribution < -0.4 is 4.74 Å². The molecular formula is C18H20N4O. The lowest BCUT2D eigenvalue weighted by molar-refractivity contribution is 0.415. The topological polar surface area (TPSA) is 51.2 Å². The van der Waals surface area contributed by atoms with E-state index in [0.717, 1.165) is 28.6 Å². The number of hydrogen-bond acceptors (Lipinski definition) is 4. The van der Waals surface area contributed by atoms with Crippen LogP contribution in [0, 0.1) is 0 Å². The monoisotopic (exact) mass is 308 g/mol.